The van der Waals surface area contributed by atoms with E-state index in [-0.39, 0.29) is 11.4 Å². The Kier molecular flexibility index (Phi) is 6.95. The predicted octanol–water partition coefficient (Wildman–Crippen LogP) is 7.56. The summed E-state index contributed by atoms with van der Waals surface area (Å²) in [7, 11) is 0. The number of halogens is 3. The first-order chi connectivity index (χ1) is 16.0. The lowest BCUT2D eigenvalue weighted by Crippen LogP contribution is -2.01. The molecular weight excluding hydrogens is 417 g/mol. The van der Waals surface area contributed by atoms with Crippen LogP contribution >= 0.6 is 0 Å². The van der Waals surface area contributed by atoms with Crippen molar-refractivity contribution < 1.29 is 13.2 Å². The van der Waals surface area contributed by atoms with Gasteiger partial charge in [0.2, 0.25) is 0 Å². The highest BCUT2D eigenvalue weighted by Crippen LogP contribution is 2.20. The molecule has 0 bridgehead atoms. The zero-order valence-electron chi connectivity index (χ0n) is 18.2. The van der Waals surface area contributed by atoms with Gasteiger partial charge in [-0.15, -0.1) is 6.58 Å². The fraction of sp³-hybridized carbons (Fsp3) is 0.133. The first-order valence-electron chi connectivity index (χ1n) is 10.9. The number of hydrogen-bond donors (Lipinski definition) is 0. The van der Waals surface area contributed by atoms with E-state index in [0.29, 0.717) is 31.2 Å². The van der Waals surface area contributed by atoms with Gasteiger partial charge in [0.05, 0.1) is 0 Å². The molecule has 0 unspecified atom stereocenters. The van der Waals surface area contributed by atoms with E-state index in [0.717, 1.165) is 27.5 Å². The van der Waals surface area contributed by atoms with E-state index in [9.17, 15) is 13.2 Å². The van der Waals surface area contributed by atoms with Gasteiger partial charge in [0.25, 0.3) is 0 Å². The van der Waals surface area contributed by atoms with E-state index < -0.39 is 11.6 Å². The van der Waals surface area contributed by atoms with Crippen molar-refractivity contribution in [2.45, 2.75) is 25.7 Å². The molecule has 0 spiro atoms. The van der Waals surface area contributed by atoms with Gasteiger partial charge in [-0.05, 0) is 96.1 Å². The molecule has 0 aliphatic carbocycles. The molecule has 33 heavy (non-hydrogen) atoms. The van der Waals surface area contributed by atoms with E-state index >= 15 is 0 Å². The maximum Gasteiger partial charge on any atom is 0.129 e. The van der Waals surface area contributed by atoms with Gasteiger partial charge in [0.1, 0.15) is 17.5 Å². The summed E-state index contributed by atoms with van der Waals surface area (Å²) < 4.78 is 42.1. The van der Waals surface area contributed by atoms with Crippen molar-refractivity contribution in [3.05, 3.63) is 131 Å². The number of allylic oxidation sites excluding steroid dienone is 1. The van der Waals surface area contributed by atoms with Crippen LogP contribution in [0.1, 0.15) is 34.2 Å². The molecule has 0 aliphatic rings. The van der Waals surface area contributed by atoms with Gasteiger partial charge in [-0.3, -0.25) is 0 Å². The summed E-state index contributed by atoms with van der Waals surface area (Å²) in [5, 5.41) is 1.77. The Hall–Kier alpha value is -3.77. The molecular formula is C30H23F3. The largest absolute Gasteiger partial charge is 0.207 e. The number of aryl methyl sites for hydroxylation is 2. The minimum absolute atomic E-state index is 0.123. The fourth-order valence-electron chi connectivity index (χ4n) is 3.77. The Morgan fingerprint density at radius 3 is 2.00 bits per heavy atom. The topological polar surface area (TPSA) is 0 Å². The van der Waals surface area contributed by atoms with Crippen LogP contribution in [0, 0.1) is 29.3 Å². The Labute approximate surface area is 192 Å². The maximum absolute atomic E-state index is 14.4. The molecule has 0 fully saturated rings. The van der Waals surface area contributed by atoms with Crippen LogP contribution in [0.5, 0.6) is 0 Å². The van der Waals surface area contributed by atoms with Crippen molar-refractivity contribution >= 4 is 10.8 Å². The predicted molar refractivity (Wildman–Crippen MR) is 129 cm³/mol. The molecule has 0 heterocycles. The van der Waals surface area contributed by atoms with E-state index in [2.05, 4.69) is 18.4 Å². The Balaban J connectivity index is 1.41. The SMILES string of the molecule is C=CCCc1cc(F)c(CCc2ccc(C#Cc3ccc4cc(F)ccc4c3)cc2)c(F)c1. The third kappa shape index (κ3) is 5.73. The molecule has 0 saturated heterocycles. The zero-order valence-corrected chi connectivity index (χ0v) is 18.2. The minimum Gasteiger partial charge on any atom is -0.207 e. The second-order valence-corrected chi connectivity index (χ2v) is 8.02. The molecule has 0 saturated carbocycles. The van der Waals surface area contributed by atoms with Gasteiger partial charge in [-0.2, -0.15) is 0 Å². The fourth-order valence-corrected chi connectivity index (χ4v) is 3.77. The van der Waals surface area contributed by atoms with Crippen LogP contribution in [0.15, 0.2) is 85.5 Å². The lowest BCUT2D eigenvalue weighted by molar-refractivity contribution is 0.551. The monoisotopic (exact) mass is 440 g/mol. The first kappa shape index (κ1) is 22.4. The molecule has 0 nitrogen and oxygen atoms in total. The summed E-state index contributed by atoms with van der Waals surface area (Å²) in [6.07, 6.45) is 3.84. The summed E-state index contributed by atoms with van der Waals surface area (Å²) in [6.45, 7) is 3.64. The van der Waals surface area contributed by atoms with Gasteiger partial charge in [0, 0.05) is 16.7 Å². The van der Waals surface area contributed by atoms with Crippen LogP contribution < -0.4 is 0 Å². The summed E-state index contributed by atoms with van der Waals surface area (Å²) in [4.78, 5) is 0. The highest BCUT2D eigenvalue weighted by Gasteiger charge is 2.11. The molecule has 0 aromatic heterocycles. The van der Waals surface area contributed by atoms with Gasteiger partial charge in [-0.25, -0.2) is 13.2 Å². The van der Waals surface area contributed by atoms with E-state index in [1.165, 1.54) is 24.3 Å². The van der Waals surface area contributed by atoms with Crippen molar-refractivity contribution in [3.63, 3.8) is 0 Å². The normalized spacial score (nSPS) is 10.6. The molecule has 0 atom stereocenters. The first-order valence-corrected chi connectivity index (χ1v) is 10.9. The average molecular weight is 441 g/mol. The van der Waals surface area contributed by atoms with Crippen molar-refractivity contribution in [1.29, 1.82) is 0 Å². The molecule has 0 N–H and O–H groups in total. The third-order valence-electron chi connectivity index (χ3n) is 5.61. The summed E-state index contributed by atoms with van der Waals surface area (Å²) in [5.41, 5.74) is 3.46. The molecule has 0 aliphatic heterocycles. The second-order valence-electron chi connectivity index (χ2n) is 8.02. The van der Waals surface area contributed by atoms with E-state index in [4.69, 9.17) is 0 Å². The number of rotatable bonds is 6. The highest BCUT2D eigenvalue weighted by molar-refractivity contribution is 5.84. The number of hydrogen-bond acceptors (Lipinski definition) is 0. The molecule has 4 aromatic rings. The van der Waals surface area contributed by atoms with Crippen LogP contribution in [0.2, 0.25) is 0 Å². The van der Waals surface area contributed by atoms with Gasteiger partial charge < -0.3 is 0 Å². The smallest absolute Gasteiger partial charge is 0.129 e. The van der Waals surface area contributed by atoms with E-state index in [1.54, 1.807) is 12.1 Å². The minimum atomic E-state index is -0.491. The van der Waals surface area contributed by atoms with E-state index in [1.807, 2.05) is 42.5 Å². The summed E-state index contributed by atoms with van der Waals surface area (Å²) >= 11 is 0. The quantitative estimate of drug-likeness (QED) is 0.214. The van der Waals surface area contributed by atoms with Crippen LogP contribution in [0.3, 0.4) is 0 Å². The highest BCUT2D eigenvalue weighted by atomic mass is 19.1. The average Bonchev–Trinajstić information content (AvgIpc) is 2.81. The molecule has 4 aromatic carbocycles. The molecule has 4 rings (SSSR count). The van der Waals surface area contributed by atoms with Gasteiger partial charge in [-0.1, -0.05) is 42.2 Å². The lowest BCUT2D eigenvalue weighted by Gasteiger charge is -2.08. The van der Waals surface area contributed by atoms with Crippen LogP contribution in [-0.2, 0) is 19.3 Å². The van der Waals surface area contributed by atoms with Crippen molar-refractivity contribution in [3.8, 4) is 11.8 Å². The Morgan fingerprint density at radius 2 is 1.27 bits per heavy atom. The number of benzene rings is 4. The Bertz CT molecular complexity index is 1330. The summed E-state index contributed by atoms with van der Waals surface area (Å²) in [6, 6.07) is 20.9. The second kappa shape index (κ2) is 10.2. The van der Waals surface area contributed by atoms with Crippen molar-refractivity contribution in [1.82, 2.24) is 0 Å². The van der Waals surface area contributed by atoms with Crippen LogP contribution in [0.4, 0.5) is 13.2 Å². The van der Waals surface area contributed by atoms with Crippen LogP contribution in [0.25, 0.3) is 10.8 Å². The molecule has 3 heteroatoms. The maximum atomic E-state index is 14.4. The lowest BCUT2D eigenvalue weighted by atomic mass is 10.00. The molecule has 164 valence electrons. The van der Waals surface area contributed by atoms with Gasteiger partial charge in [0.15, 0.2) is 0 Å². The van der Waals surface area contributed by atoms with Crippen molar-refractivity contribution in [2.24, 2.45) is 0 Å². The third-order valence-corrected chi connectivity index (χ3v) is 5.61. The van der Waals surface area contributed by atoms with Crippen LogP contribution in [-0.4, -0.2) is 0 Å². The zero-order chi connectivity index (χ0) is 23.2. The standard InChI is InChI=1S/C30H23F3/c1-2-3-4-24-18-29(32)28(30(33)19-24)16-12-22-7-5-21(6-8-22)9-10-23-11-13-26-20-27(31)15-14-25(26)17-23/h2,5-8,11,13-15,17-20H,1,3-4,12,16H2. The molecule has 0 radical (unpaired) electrons. The number of fused-ring (bicyclic) bond motifs is 1. The Morgan fingerprint density at radius 1 is 0.636 bits per heavy atom. The van der Waals surface area contributed by atoms with Gasteiger partial charge >= 0.3 is 0 Å². The van der Waals surface area contributed by atoms with Crippen molar-refractivity contribution in [2.75, 3.05) is 0 Å². The summed E-state index contributed by atoms with van der Waals surface area (Å²) in [5.74, 6) is 5.02. The molecule has 0 amide bonds.